The monoisotopic (exact) mass is 670 g/mol. The fourth-order valence-electron chi connectivity index (χ4n) is 9.81. The van der Waals surface area contributed by atoms with Crippen molar-refractivity contribution >= 4 is 97.6 Å². The Hall–Kier alpha value is -5.86. The van der Waals surface area contributed by atoms with Crippen molar-refractivity contribution in [2.45, 2.75) is 27.7 Å². The van der Waals surface area contributed by atoms with Crippen LogP contribution < -0.4 is 9.80 Å². The average molecular weight is 671 g/mol. The van der Waals surface area contributed by atoms with Crippen LogP contribution in [0.1, 0.15) is 27.7 Å². The summed E-state index contributed by atoms with van der Waals surface area (Å²) in [5.74, 6) is 0. The molecule has 2 heteroatoms. The van der Waals surface area contributed by atoms with Crippen molar-refractivity contribution in [3.63, 3.8) is 0 Å². The summed E-state index contributed by atoms with van der Waals surface area (Å²) in [5.41, 5.74) is 5.34. The van der Waals surface area contributed by atoms with E-state index in [-0.39, 0.29) is 0 Å². The number of nitrogens with zero attached hydrogens (tertiary/aromatic N) is 2. The van der Waals surface area contributed by atoms with Crippen LogP contribution in [-0.2, 0) is 0 Å². The molecule has 0 aromatic heterocycles. The lowest BCUT2D eigenvalue weighted by molar-refractivity contribution is 0.874. The smallest absolute Gasteiger partial charge is 0.0526 e. The van der Waals surface area contributed by atoms with Gasteiger partial charge < -0.3 is 9.80 Å². The van der Waals surface area contributed by atoms with Crippen molar-refractivity contribution in [3.8, 4) is 11.1 Å². The van der Waals surface area contributed by atoms with Gasteiger partial charge in [-0.15, -0.1) is 0 Å². The van der Waals surface area contributed by atoms with Crippen LogP contribution in [0.4, 0.5) is 11.4 Å². The third-order valence-electron chi connectivity index (χ3n) is 11.9. The molecule has 252 valence electrons. The molecule has 0 amide bonds. The number of benzene rings is 10. The Morgan fingerprint density at radius 2 is 0.538 bits per heavy atom. The third kappa shape index (κ3) is 4.07. The standard InChI is InChI=1S/C50H42N2/c1-5-51(6-2)49-38-24-14-11-21-35(38)43(36-22-12-15-25-39(36)49)44-31-19-9-10-20-34(31)47-45-32(27-17-29-41(44)45)33-28-18-30-42-46(33)48(47)37-23-13-16-26-40(37)50(42)52(7-3)8-4/h9-30H,5-8H2,1-4H3. The molecule has 0 radical (unpaired) electrons. The van der Waals surface area contributed by atoms with Crippen LogP contribution in [0.25, 0.3) is 97.3 Å². The first-order valence-corrected chi connectivity index (χ1v) is 19.1. The van der Waals surface area contributed by atoms with Crippen LogP contribution >= 0.6 is 0 Å². The van der Waals surface area contributed by atoms with Crippen LogP contribution in [0, 0.1) is 0 Å². The Morgan fingerprint density at radius 1 is 0.269 bits per heavy atom. The lowest BCUT2D eigenvalue weighted by atomic mass is 9.80. The molecule has 0 saturated heterocycles. The van der Waals surface area contributed by atoms with Gasteiger partial charge in [0.25, 0.3) is 0 Å². The lowest BCUT2D eigenvalue weighted by Crippen LogP contribution is -2.22. The predicted molar refractivity (Wildman–Crippen MR) is 230 cm³/mol. The summed E-state index contributed by atoms with van der Waals surface area (Å²) < 4.78 is 0. The Bertz CT molecular complexity index is 2960. The zero-order chi connectivity index (χ0) is 35.1. The normalized spacial score (nSPS) is 12.2. The van der Waals surface area contributed by atoms with E-state index in [9.17, 15) is 0 Å². The zero-order valence-corrected chi connectivity index (χ0v) is 30.4. The number of rotatable bonds is 7. The van der Waals surface area contributed by atoms with Gasteiger partial charge in [-0.1, -0.05) is 133 Å². The first kappa shape index (κ1) is 30.9. The highest BCUT2D eigenvalue weighted by Crippen LogP contribution is 2.54. The molecule has 0 saturated carbocycles. The van der Waals surface area contributed by atoms with Crippen molar-refractivity contribution in [2.75, 3.05) is 36.0 Å². The molecule has 10 rings (SSSR count). The van der Waals surface area contributed by atoms with Crippen molar-refractivity contribution < 1.29 is 0 Å². The molecule has 0 heterocycles. The predicted octanol–water partition coefficient (Wildman–Crippen LogP) is 13.7. The minimum absolute atomic E-state index is 0.961. The maximum absolute atomic E-state index is 2.54. The van der Waals surface area contributed by atoms with Gasteiger partial charge in [0.2, 0.25) is 0 Å². The minimum Gasteiger partial charge on any atom is -0.371 e. The van der Waals surface area contributed by atoms with Gasteiger partial charge >= 0.3 is 0 Å². The van der Waals surface area contributed by atoms with Gasteiger partial charge in [0.1, 0.15) is 0 Å². The van der Waals surface area contributed by atoms with E-state index in [0.717, 1.165) is 26.2 Å². The highest BCUT2D eigenvalue weighted by Gasteiger charge is 2.26. The fraction of sp³-hybridized carbons (Fsp3) is 0.160. The molecule has 0 N–H and O–H groups in total. The molecule has 0 aliphatic heterocycles. The fourth-order valence-corrected chi connectivity index (χ4v) is 9.81. The van der Waals surface area contributed by atoms with Crippen LogP contribution in [0.3, 0.4) is 0 Å². The van der Waals surface area contributed by atoms with Gasteiger partial charge in [-0.3, -0.25) is 0 Å². The quantitative estimate of drug-likeness (QED) is 0.123. The van der Waals surface area contributed by atoms with Gasteiger partial charge in [0.15, 0.2) is 0 Å². The van der Waals surface area contributed by atoms with Crippen LogP contribution in [0.2, 0.25) is 0 Å². The number of hydrogen-bond donors (Lipinski definition) is 0. The number of fused-ring (bicyclic) bond motifs is 8. The zero-order valence-electron chi connectivity index (χ0n) is 30.4. The topological polar surface area (TPSA) is 6.48 Å². The van der Waals surface area contributed by atoms with Gasteiger partial charge in [-0.05, 0) is 98.1 Å². The average Bonchev–Trinajstić information content (AvgIpc) is 3.20. The Morgan fingerprint density at radius 3 is 1.02 bits per heavy atom. The molecule has 0 spiro atoms. The largest absolute Gasteiger partial charge is 0.371 e. The SMILES string of the molecule is CCN(CC)c1c2ccccc2c(-c2c3ccccc3c3c4c2cccc4c2cccc4c(N(CC)CC)c5ccccc5c3c42)c2ccccc12. The second kappa shape index (κ2) is 11.9. The highest BCUT2D eigenvalue weighted by molar-refractivity contribution is 6.46. The molecule has 0 fully saturated rings. The Kier molecular flexibility index (Phi) is 7.05. The van der Waals surface area contributed by atoms with E-state index in [0.29, 0.717) is 0 Å². The molecule has 0 aliphatic carbocycles. The number of anilines is 2. The minimum atomic E-state index is 0.961. The van der Waals surface area contributed by atoms with Crippen molar-refractivity contribution in [1.29, 1.82) is 0 Å². The van der Waals surface area contributed by atoms with Gasteiger partial charge in [-0.25, -0.2) is 0 Å². The first-order chi connectivity index (χ1) is 25.7. The summed E-state index contributed by atoms with van der Waals surface area (Å²) in [6.45, 7) is 13.0. The summed E-state index contributed by atoms with van der Waals surface area (Å²) in [6.07, 6.45) is 0. The Balaban J connectivity index is 1.49. The van der Waals surface area contributed by atoms with Gasteiger partial charge in [-0.2, -0.15) is 0 Å². The second-order valence-corrected chi connectivity index (χ2v) is 14.2. The van der Waals surface area contributed by atoms with E-state index in [4.69, 9.17) is 0 Å². The first-order valence-electron chi connectivity index (χ1n) is 19.1. The van der Waals surface area contributed by atoms with Crippen molar-refractivity contribution in [3.05, 3.63) is 133 Å². The third-order valence-corrected chi connectivity index (χ3v) is 11.9. The molecule has 10 aromatic rings. The van der Waals surface area contributed by atoms with Crippen LogP contribution in [-0.4, -0.2) is 26.2 Å². The molecule has 0 aliphatic rings. The van der Waals surface area contributed by atoms with E-state index in [2.05, 4.69) is 171 Å². The summed E-state index contributed by atoms with van der Waals surface area (Å²) in [7, 11) is 0. The van der Waals surface area contributed by atoms with Gasteiger partial charge in [0, 0.05) is 53.1 Å². The summed E-state index contributed by atoms with van der Waals surface area (Å²) in [5, 5.41) is 21.3. The summed E-state index contributed by atoms with van der Waals surface area (Å²) >= 11 is 0. The summed E-state index contributed by atoms with van der Waals surface area (Å²) in [6, 6.07) is 50.7. The maximum atomic E-state index is 2.54. The lowest BCUT2D eigenvalue weighted by Gasteiger charge is -2.29. The van der Waals surface area contributed by atoms with Crippen LogP contribution in [0.5, 0.6) is 0 Å². The number of hydrogen-bond acceptors (Lipinski definition) is 2. The molecule has 0 atom stereocenters. The molecule has 2 nitrogen and oxygen atoms in total. The molecule has 0 unspecified atom stereocenters. The van der Waals surface area contributed by atoms with E-state index in [1.807, 2.05) is 0 Å². The highest BCUT2D eigenvalue weighted by atomic mass is 15.1. The maximum Gasteiger partial charge on any atom is 0.0526 e. The van der Waals surface area contributed by atoms with E-state index in [1.54, 1.807) is 0 Å². The van der Waals surface area contributed by atoms with Crippen LogP contribution in [0.15, 0.2) is 133 Å². The molecular weight excluding hydrogens is 629 g/mol. The van der Waals surface area contributed by atoms with E-state index >= 15 is 0 Å². The molecule has 52 heavy (non-hydrogen) atoms. The van der Waals surface area contributed by atoms with E-state index < -0.39 is 0 Å². The second-order valence-electron chi connectivity index (χ2n) is 14.2. The van der Waals surface area contributed by atoms with Crippen molar-refractivity contribution in [2.24, 2.45) is 0 Å². The molecular formula is C50H42N2. The van der Waals surface area contributed by atoms with E-state index in [1.165, 1.54) is 109 Å². The summed E-state index contributed by atoms with van der Waals surface area (Å²) in [4.78, 5) is 5.07. The van der Waals surface area contributed by atoms with Gasteiger partial charge in [0.05, 0.1) is 11.4 Å². The molecule has 10 aromatic carbocycles. The van der Waals surface area contributed by atoms with Crippen molar-refractivity contribution in [1.82, 2.24) is 0 Å². The Labute approximate surface area is 304 Å². The molecule has 0 bridgehead atoms.